The first kappa shape index (κ1) is 21.7. The van der Waals surface area contributed by atoms with Crippen molar-refractivity contribution in [2.24, 2.45) is 11.8 Å². The molecule has 37 heavy (non-hydrogen) atoms. The first-order valence-corrected chi connectivity index (χ1v) is 12.3. The van der Waals surface area contributed by atoms with Crippen molar-refractivity contribution in [3.05, 3.63) is 131 Å². The molecule has 2 bridgehead atoms. The van der Waals surface area contributed by atoms with Gasteiger partial charge in [0.2, 0.25) is 11.8 Å². The topological polar surface area (TPSA) is 66.5 Å². The predicted molar refractivity (Wildman–Crippen MR) is 137 cm³/mol. The van der Waals surface area contributed by atoms with Crippen LogP contribution >= 0.6 is 0 Å². The maximum Gasteiger partial charge on any atom is 0.255 e. The van der Waals surface area contributed by atoms with E-state index in [0.717, 1.165) is 22.3 Å². The molecule has 4 aromatic carbocycles. The second-order valence-corrected chi connectivity index (χ2v) is 9.78. The summed E-state index contributed by atoms with van der Waals surface area (Å²) in [6.45, 7) is 0. The third-order valence-corrected chi connectivity index (χ3v) is 7.94. The molecule has 1 heterocycles. The number of rotatable bonds is 3. The van der Waals surface area contributed by atoms with Crippen LogP contribution in [0.25, 0.3) is 0 Å². The van der Waals surface area contributed by atoms with Gasteiger partial charge in [0.05, 0.1) is 17.5 Å². The van der Waals surface area contributed by atoms with Gasteiger partial charge in [0.25, 0.3) is 5.91 Å². The molecule has 180 valence electrons. The third kappa shape index (κ3) is 3.12. The molecule has 0 radical (unpaired) electrons. The monoisotopic (exact) mass is 488 g/mol. The lowest BCUT2D eigenvalue weighted by molar-refractivity contribution is -0.122. The van der Waals surface area contributed by atoms with E-state index in [2.05, 4.69) is 29.6 Å². The van der Waals surface area contributed by atoms with E-state index in [-0.39, 0.29) is 35.4 Å². The minimum absolute atomic E-state index is 0.162. The molecular weight excluding hydrogens is 467 g/mol. The van der Waals surface area contributed by atoms with Crippen molar-refractivity contribution < 1.29 is 18.8 Å². The van der Waals surface area contributed by atoms with Crippen LogP contribution in [0.5, 0.6) is 0 Å². The summed E-state index contributed by atoms with van der Waals surface area (Å²) < 4.78 is 13.1. The zero-order chi connectivity index (χ0) is 25.3. The quantitative estimate of drug-likeness (QED) is 0.389. The highest BCUT2D eigenvalue weighted by molar-refractivity contribution is 6.23. The van der Waals surface area contributed by atoms with Gasteiger partial charge in [-0.1, -0.05) is 48.5 Å². The average Bonchev–Trinajstić information content (AvgIpc) is 3.20. The van der Waals surface area contributed by atoms with Crippen LogP contribution in [0.3, 0.4) is 0 Å². The van der Waals surface area contributed by atoms with E-state index in [9.17, 15) is 18.8 Å². The summed E-state index contributed by atoms with van der Waals surface area (Å²) in [5.41, 5.74) is 5.80. The summed E-state index contributed by atoms with van der Waals surface area (Å²) in [4.78, 5) is 41.6. The molecule has 2 atom stereocenters. The van der Waals surface area contributed by atoms with Gasteiger partial charge in [-0.25, -0.2) is 9.29 Å². The van der Waals surface area contributed by atoms with Crippen molar-refractivity contribution in [1.82, 2.24) is 0 Å². The summed E-state index contributed by atoms with van der Waals surface area (Å²) in [6, 6.07) is 28.2. The lowest BCUT2D eigenvalue weighted by Gasteiger charge is -2.45. The standard InChI is InChI=1S/C31H21FN2O3/c32-18-11-13-19(14-12-18)33-29(35)17-9-15-20(16-10-17)34-30(36)27-25-21-5-1-2-6-22(21)26(28(27)31(34)37)24-8-4-3-7-23(24)25/h1-16,25-28H,(H,33,35). The van der Waals surface area contributed by atoms with E-state index >= 15 is 0 Å². The Kier molecular flexibility index (Phi) is 4.67. The van der Waals surface area contributed by atoms with Crippen LogP contribution in [-0.2, 0) is 9.59 Å². The number of carbonyl (C=O) groups excluding carboxylic acids is 3. The zero-order valence-corrected chi connectivity index (χ0v) is 19.6. The Bertz CT molecular complexity index is 1480. The van der Waals surface area contributed by atoms with Gasteiger partial charge in [-0.2, -0.15) is 0 Å². The average molecular weight is 489 g/mol. The molecule has 6 heteroatoms. The largest absolute Gasteiger partial charge is 0.322 e. The number of nitrogens with zero attached hydrogens (tertiary/aromatic N) is 1. The van der Waals surface area contributed by atoms with E-state index < -0.39 is 11.8 Å². The molecule has 0 spiro atoms. The molecule has 4 aromatic rings. The Balaban J connectivity index is 1.21. The maximum atomic E-state index is 13.8. The fourth-order valence-electron chi connectivity index (χ4n) is 6.43. The Morgan fingerprint density at radius 3 is 1.57 bits per heavy atom. The van der Waals surface area contributed by atoms with Crippen LogP contribution in [-0.4, -0.2) is 17.7 Å². The number of nitrogens with one attached hydrogen (secondary N) is 1. The zero-order valence-electron chi connectivity index (χ0n) is 19.6. The number of carbonyl (C=O) groups is 3. The molecule has 5 nitrogen and oxygen atoms in total. The molecule has 0 aromatic heterocycles. The number of hydrogen-bond donors (Lipinski definition) is 1. The second kappa shape index (κ2) is 7.96. The first-order chi connectivity index (χ1) is 18.0. The van der Waals surface area contributed by atoms with Crippen molar-refractivity contribution >= 4 is 29.1 Å². The fourth-order valence-corrected chi connectivity index (χ4v) is 6.43. The number of amides is 3. The molecule has 1 saturated heterocycles. The molecule has 3 amide bonds. The summed E-state index contributed by atoms with van der Waals surface area (Å²) in [7, 11) is 0. The number of hydrogen-bond acceptors (Lipinski definition) is 3. The predicted octanol–water partition coefficient (Wildman–Crippen LogP) is 5.47. The molecule has 1 aliphatic heterocycles. The lowest BCUT2D eigenvalue weighted by Crippen LogP contribution is -2.41. The Labute approximate surface area is 212 Å². The van der Waals surface area contributed by atoms with E-state index in [0.29, 0.717) is 16.9 Å². The van der Waals surface area contributed by atoms with Gasteiger partial charge in [-0.05, 0) is 70.8 Å². The number of anilines is 2. The fraction of sp³-hybridized carbons (Fsp3) is 0.129. The van der Waals surface area contributed by atoms with Gasteiger partial charge >= 0.3 is 0 Å². The molecule has 1 fully saturated rings. The smallest absolute Gasteiger partial charge is 0.255 e. The minimum Gasteiger partial charge on any atom is -0.322 e. The van der Waals surface area contributed by atoms with Gasteiger partial charge in [0.1, 0.15) is 5.82 Å². The lowest BCUT2D eigenvalue weighted by atomic mass is 9.55. The summed E-state index contributed by atoms with van der Waals surface area (Å²) >= 11 is 0. The normalized spacial score (nSPS) is 22.9. The Hall–Kier alpha value is -4.58. The van der Waals surface area contributed by atoms with Crippen LogP contribution < -0.4 is 10.2 Å². The molecule has 8 rings (SSSR count). The first-order valence-electron chi connectivity index (χ1n) is 12.3. The van der Waals surface area contributed by atoms with Gasteiger partial charge in [0, 0.05) is 23.1 Å². The van der Waals surface area contributed by atoms with Crippen molar-refractivity contribution in [1.29, 1.82) is 0 Å². The van der Waals surface area contributed by atoms with Crippen LogP contribution in [0.2, 0.25) is 0 Å². The highest BCUT2D eigenvalue weighted by Gasteiger charge is 2.61. The SMILES string of the molecule is O=C(Nc1ccc(F)cc1)c1ccc(N2C(=O)C3C4c5ccccc5C(c5ccccc54)C3C2=O)cc1. The Morgan fingerprint density at radius 1 is 0.649 bits per heavy atom. The Morgan fingerprint density at radius 2 is 1.11 bits per heavy atom. The summed E-state index contributed by atoms with van der Waals surface area (Å²) in [5.74, 6) is -2.38. The van der Waals surface area contributed by atoms with Gasteiger partial charge < -0.3 is 5.32 Å². The van der Waals surface area contributed by atoms with Crippen molar-refractivity contribution in [2.75, 3.05) is 10.2 Å². The van der Waals surface area contributed by atoms with E-state index in [1.54, 1.807) is 24.3 Å². The van der Waals surface area contributed by atoms with Crippen LogP contribution in [0.4, 0.5) is 15.8 Å². The van der Waals surface area contributed by atoms with Gasteiger partial charge in [-0.3, -0.25) is 14.4 Å². The van der Waals surface area contributed by atoms with E-state index in [1.165, 1.54) is 29.2 Å². The molecule has 4 aliphatic rings. The van der Waals surface area contributed by atoms with Crippen LogP contribution in [0.1, 0.15) is 44.4 Å². The van der Waals surface area contributed by atoms with E-state index in [4.69, 9.17) is 0 Å². The van der Waals surface area contributed by atoms with Crippen molar-refractivity contribution in [3.63, 3.8) is 0 Å². The summed E-state index contributed by atoms with van der Waals surface area (Å²) in [5, 5.41) is 2.72. The van der Waals surface area contributed by atoms with Gasteiger partial charge in [0.15, 0.2) is 0 Å². The number of benzene rings is 4. The maximum absolute atomic E-state index is 13.8. The van der Waals surface area contributed by atoms with Crippen LogP contribution in [0, 0.1) is 17.7 Å². The van der Waals surface area contributed by atoms with Gasteiger partial charge in [-0.15, -0.1) is 0 Å². The highest BCUT2D eigenvalue weighted by Crippen LogP contribution is 2.61. The van der Waals surface area contributed by atoms with Crippen LogP contribution in [0.15, 0.2) is 97.1 Å². The molecular formula is C31H21FN2O3. The minimum atomic E-state index is -0.455. The highest BCUT2D eigenvalue weighted by atomic mass is 19.1. The number of halogens is 1. The van der Waals surface area contributed by atoms with Crippen molar-refractivity contribution in [3.8, 4) is 0 Å². The van der Waals surface area contributed by atoms with E-state index in [1.807, 2.05) is 24.3 Å². The number of imide groups is 1. The summed E-state index contributed by atoms with van der Waals surface area (Å²) in [6.07, 6.45) is 0. The third-order valence-electron chi connectivity index (χ3n) is 7.94. The molecule has 3 aliphatic carbocycles. The second-order valence-electron chi connectivity index (χ2n) is 9.78. The van der Waals surface area contributed by atoms with Crippen molar-refractivity contribution in [2.45, 2.75) is 11.8 Å². The molecule has 2 unspecified atom stereocenters. The molecule has 1 N–H and O–H groups in total. The molecule has 0 saturated carbocycles.